The molecule has 0 saturated carbocycles. The Hall–Kier alpha value is -1.78. The van der Waals surface area contributed by atoms with E-state index in [1.54, 1.807) is 13.2 Å². The van der Waals surface area contributed by atoms with Crippen LogP contribution in [0.2, 0.25) is 0 Å². The normalized spacial score (nSPS) is 13.6. The first-order valence-electron chi connectivity index (χ1n) is 5.74. The molecule has 1 rings (SSSR count). The van der Waals surface area contributed by atoms with Crippen LogP contribution in [0.15, 0.2) is 29.4 Å². The largest absolute Gasteiger partial charge is 0.370 e. The number of nitrogens with zero attached hydrogens (tertiary/aromatic N) is 3. The third-order valence-corrected chi connectivity index (χ3v) is 2.49. The Morgan fingerprint density at radius 3 is 2.59 bits per heavy atom. The van der Waals surface area contributed by atoms with Crippen molar-refractivity contribution in [3.05, 3.63) is 24.4 Å². The molecule has 0 saturated heterocycles. The Balaban J connectivity index is 2.87. The molecule has 0 radical (unpaired) electrons. The number of hydrogen-bond acceptors (Lipinski definition) is 3. The summed E-state index contributed by atoms with van der Waals surface area (Å²) in [4.78, 5) is 10.4. The molecule has 0 aliphatic carbocycles. The van der Waals surface area contributed by atoms with Crippen molar-refractivity contribution >= 4 is 11.8 Å². The van der Waals surface area contributed by atoms with Crippen molar-refractivity contribution in [1.82, 2.24) is 10.3 Å². The third-order valence-electron chi connectivity index (χ3n) is 2.49. The highest BCUT2D eigenvalue weighted by Gasteiger charge is 2.18. The number of aromatic nitrogens is 1. The van der Waals surface area contributed by atoms with Crippen molar-refractivity contribution in [3.8, 4) is 0 Å². The van der Waals surface area contributed by atoms with E-state index in [2.05, 4.69) is 34.0 Å². The Morgan fingerprint density at radius 2 is 2.12 bits per heavy atom. The number of anilines is 1. The molecule has 5 nitrogen and oxygen atoms in total. The standard InChI is InChI=1S/C12H21N5/c1-9(2)17(10(3)16-12(13)14-4)11-7-5-6-8-15-11/h5-10H,1-4H3,(H3,13,14,16). The van der Waals surface area contributed by atoms with E-state index in [4.69, 9.17) is 5.73 Å². The minimum Gasteiger partial charge on any atom is -0.370 e. The van der Waals surface area contributed by atoms with Crippen LogP contribution in [0.3, 0.4) is 0 Å². The van der Waals surface area contributed by atoms with E-state index < -0.39 is 0 Å². The fourth-order valence-corrected chi connectivity index (χ4v) is 1.76. The first kappa shape index (κ1) is 13.3. The van der Waals surface area contributed by atoms with Gasteiger partial charge < -0.3 is 16.0 Å². The number of aliphatic imine (C=N–C) groups is 1. The molecule has 17 heavy (non-hydrogen) atoms. The van der Waals surface area contributed by atoms with Gasteiger partial charge in [0.25, 0.3) is 0 Å². The van der Waals surface area contributed by atoms with Gasteiger partial charge >= 0.3 is 0 Å². The second kappa shape index (κ2) is 6.08. The molecule has 1 aromatic rings. The predicted molar refractivity (Wildman–Crippen MR) is 72.0 cm³/mol. The summed E-state index contributed by atoms with van der Waals surface area (Å²) in [5.74, 6) is 1.35. The number of pyridine rings is 1. The van der Waals surface area contributed by atoms with E-state index in [0.29, 0.717) is 12.0 Å². The van der Waals surface area contributed by atoms with Crippen LogP contribution in [0.4, 0.5) is 5.82 Å². The van der Waals surface area contributed by atoms with Crippen molar-refractivity contribution in [2.45, 2.75) is 33.0 Å². The molecule has 0 amide bonds. The minimum atomic E-state index is 0.0357. The summed E-state index contributed by atoms with van der Waals surface area (Å²) < 4.78 is 0. The molecule has 0 aliphatic rings. The summed E-state index contributed by atoms with van der Waals surface area (Å²) in [6.07, 6.45) is 1.82. The molecule has 0 bridgehead atoms. The van der Waals surface area contributed by atoms with Crippen LogP contribution in [0.25, 0.3) is 0 Å². The molecular formula is C12H21N5. The second-order valence-electron chi connectivity index (χ2n) is 4.12. The van der Waals surface area contributed by atoms with Gasteiger partial charge in [-0.2, -0.15) is 0 Å². The number of hydrogen-bond donors (Lipinski definition) is 2. The summed E-state index contributed by atoms with van der Waals surface area (Å²) in [5, 5.41) is 3.12. The van der Waals surface area contributed by atoms with Crippen LogP contribution in [0, 0.1) is 0 Å². The van der Waals surface area contributed by atoms with Crippen LogP contribution in [0.5, 0.6) is 0 Å². The Labute approximate surface area is 103 Å². The van der Waals surface area contributed by atoms with Gasteiger partial charge in [-0.3, -0.25) is 4.99 Å². The van der Waals surface area contributed by atoms with Crippen molar-refractivity contribution in [2.24, 2.45) is 10.7 Å². The zero-order valence-corrected chi connectivity index (χ0v) is 10.9. The van der Waals surface area contributed by atoms with Crippen molar-refractivity contribution in [2.75, 3.05) is 11.9 Å². The number of guanidine groups is 1. The van der Waals surface area contributed by atoms with Crippen LogP contribution in [-0.4, -0.2) is 30.2 Å². The molecule has 1 unspecified atom stereocenters. The molecule has 0 aromatic carbocycles. The zero-order chi connectivity index (χ0) is 12.8. The summed E-state index contributed by atoms with van der Waals surface area (Å²) in [7, 11) is 1.66. The van der Waals surface area contributed by atoms with E-state index in [0.717, 1.165) is 5.82 Å². The summed E-state index contributed by atoms with van der Waals surface area (Å²) >= 11 is 0. The molecule has 0 aliphatic heterocycles. The molecule has 3 N–H and O–H groups in total. The molecular weight excluding hydrogens is 214 g/mol. The van der Waals surface area contributed by atoms with Crippen LogP contribution in [0.1, 0.15) is 20.8 Å². The van der Waals surface area contributed by atoms with E-state index in [9.17, 15) is 0 Å². The van der Waals surface area contributed by atoms with Crippen LogP contribution in [-0.2, 0) is 0 Å². The van der Waals surface area contributed by atoms with Gasteiger partial charge in [-0.15, -0.1) is 0 Å². The Bertz CT molecular complexity index is 360. The Kier molecular flexibility index (Phi) is 4.75. The zero-order valence-electron chi connectivity index (χ0n) is 10.9. The fourth-order valence-electron chi connectivity index (χ4n) is 1.76. The van der Waals surface area contributed by atoms with Gasteiger partial charge in [0.15, 0.2) is 5.96 Å². The molecule has 5 heteroatoms. The van der Waals surface area contributed by atoms with Gasteiger partial charge in [-0.05, 0) is 32.9 Å². The van der Waals surface area contributed by atoms with Gasteiger partial charge in [-0.25, -0.2) is 4.98 Å². The minimum absolute atomic E-state index is 0.0357. The van der Waals surface area contributed by atoms with Gasteiger partial charge in [-0.1, -0.05) is 6.07 Å². The third kappa shape index (κ3) is 3.62. The predicted octanol–water partition coefficient (Wildman–Crippen LogP) is 1.18. The monoisotopic (exact) mass is 235 g/mol. The molecule has 0 spiro atoms. The fraction of sp³-hybridized carbons (Fsp3) is 0.500. The lowest BCUT2D eigenvalue weighted by atomic mass is 10.2. The maximum absolute atomic E-state index is 5.68. The topological polar surface area (TPSA) is 66.5 Å². The Morgan fingerprint density at radius 1 is 1.41 bits per heavy atom. The smallest absolute Gasteiger partial charge is 0.189 e. The first-order chi connectivity index (χ1) is 8.06. The molecule has 0 fully saturated rings. The first-order valence-corrected chi connectivity index (χ1v) is 5.74. The van der Waals surface area contributed by atoms with E-state index in [1.165, 1.54) is 0 Å². The summed E-state index contributed by atoms with van der Waals surface area (Å²) in [5.41, 5.74) is 5.68. The summed E-state index contributed by atoms with van der Waals surface area (Å²) in [6.45, 7) is 6.27. The van der Waals surface area contributed by atoms with Gasteiger partial charge in [0.2, 0.25) is 0 Å². The molecule has 1 heterocycles. The van der Waals surface area contributed by atoms with E-state index >= 15 is 0 Å². The highest BCUT2D eigenvalue weighted by molar-refractivity contribution is 5.78. The van der Waals surface area contributed by atoms with Crippen molar-refractivity contribution in [3.63, 3.8) is 0 Å². The maximum Gasteiger partial charge on any atom is 0.189 e. The lowest BCUT2D eigenvalue weighted by molar-refractivity contribution is 0.542. The second-order valence-corrected chi connectivity index (χ2v) is 4.12. The van der Waals surface area contributed by atoms with Crippen LogP contribution >= 0.6 is 0 Å². The van der Waals surface area contributed by atoms with Gasteiger partial charge in [0.1, 0.15) is 12.0 Å². The van der Waals surface area contributed by atoms with E-state index in [1.807, 2.05) is 25.1 Å². The maximum atomic E-state index is 5.68. The number of rotatable bonds is 4. The van der Waals surface area contributed by atoms with Crippen LogP contribution < -0.4 is 16.0 Å². The molecule has 1 atom stereocenters. The van der Waals surface area contributed by atoms with Gasteiger partial charge in [0, 0.05) is 19.3 Å². The molecule has 94 valence electrons. The van der Waals surface area contributed by atoms with Crippen molar-refractivity contribution < 1.29 is 0 Å². The highest BCUT2D eigenvalue weighted by Crippen LogP contribution is 2.15. The lowest BCUT2D eigenvalue weighted by Crippen LogP contribution is -2.52. The quantitative estimate of drug-likeness (QED) is 0.467. The highest BCUT2D eigenvalue weighted by atomic mass is 15.3. The number of nitrogens with one attached hydrogen (secondary N) is 1. The van der Waals surface area contributed by atoms with Crippen molar-refractivity contribution in [1.29, 1.82) is 0 Å². The number of nitrogens with two attached hydrogens (primary N) is 1. The van der Waals surface area contributed by atoms with E-state index in [-0.39, 0.29) is 6.17 Å². The molecule has 1 aromatic heterocycles. The average Bonchev–Trinajstić information content (AvgIpc) is 2.29. The van der Waals surface area contributed by atoms with Gasteiger partial charge in [0.05, 0.1) is 0 Å². The summed E-state index contributed by atoms with van der Waals surface area (Å²) in [6, 6.07) is 6.18. The average molecular weight is 235 g/mol. The lowest BCUT2D eigenvalue weighted by Gasteiger charge is -2.34. The SMILES string of the molecule is CN=C(N)NC(C)N(c1ccccn1)C(C)C.